The quantitative estimate of drug-likeness (QED) is 0.366. The molecule has 0 unspecified atom stereocenters. The first-order valence-electron chi connectivity index (χ1n) is 5.39. The van der Waals surface area contributed by atoms with Crippen molar-refractivity contribution >= 4 is 24.0 Å². The summed E-state index contributed by atoms with van der Waals surface area (Å²) in [6.45, 7) is 0. The number of imidazole rings is 1. The van der Waals surface area contributed by atoms with Crippen molar-refractivity contribution in [3.63, 3.8) is 0 Å². The van der Waals surface area contributed by atoms with Crippen LogP contribution >= 0.6 is 0 Å². The van der Waals surface area contributed by atoms with Gasteiger partial charge in [0.25, 0.3) is 0 Å². The van der Waals surface area contributed by atoms with Crippen LogP contribution in [0.3, 0.4) is 0 Å². The van der Waals surface area contributed by atoms with Crippen molar-refractivity contribution < 1.29 is 46.8 Å². The second-order valence-corrected chi connectivity index (χ2v) is 3.50. The maximum absolute atomic E-state index is 9.88. The molecule has 1 heterocycles. The monoisotopic (exact) mass is 338 g/mol. The first-order valence-corrected chi connectivity index (χ1v) is 5.39. The second-order valence-electron chi connectivity index (χ2n) is 3.50. The number of aromatic nitrogens is 2. The first-order chi connectivity index (χ1) is 9.32. The third-order valence-electron chi connectivity index (χ3n) is 1.88. The molecule has 0 amide bonds. The Hall–Kier alpha value is -2.16. The van der Waals surface area contributed by atoms with Gasteiger partial charge in [0.15, 0.2) is 0 Å². The molecule has 115 valence electrons. The zero-order valence-corrected chi connectivity index (χ0v) is 11.9. The van der Waals surface area contributed by atoms with Gasteiger partial charge in [-0.3, -0.25) is 4.79 Å². The molecule has 21 heavy (non-hydrogen) atoms. The van der Waals surface area contributed by atoms with Gasteiger partial charge < -0.3 is 35.6 Å². The molecule has 1 radical (unpaired) electrons. The number of nitrogens with zero attached hydrogens (tertiary/aromatic N) is 1. The molecule has 0 aliphatic heterocycles. The number of aromatic amines is 1. The van der Waals surface area contributed by atoms with Crippen molar-refractivity contribution in [1.82, 2.24) is 9.97 Å². The topological polar surface area (TPSA) is 172 Å². The van der Waals surface area contributed by atoms with E-state index in [0.29, 0.717) is 5.69 Å². The molecular weight excluding hydrogens is 325 g/mol. The van der Waals surface area contributed by atoms with Crippen molar-refractivity contribution in [2.45, 2.75) is 18.9 Å². The summed E-state index contributed by atoms with van der Waals surface area (Å²) < 4.78 is 0. The van der Waals surface area contributed by atoms with E-state index in [1.165, 1.54) is 12.4 Å². The molecule has 9 nitrogen and oxygen atoms in total. The standard InChI is InChI=1S/C6H6N2O2.C5H9NO4.Mn/c9-6(10)2-1-5-3-7-4-8-5;6-3(5(9)10)1-2-4(7)8;/h1-4H,(H,7,8)(H,9,10);3H,1-2,6H2,(H,7,8)(H,9,10);/q;;+2/p-2/t;3-;/m.0./s1. The zero-order valence-electron chi connectivity index (χ0n) is 10.7. The molecule has 0 saturated carbocycles. The van der Waals surface area contributed by atoms with Gasteiger partial charge in [-0.1, -0.05) is 0 Å². The van der Waals surface area contributed by atoms with Gasteiger partial charge in [-0.05, 0) is 18.6 Å². The normalized spacial score (nSPS) is 10.9. The van der Waals surface area contributed by atoms with Gasteiger partial charge in [0.05, 0.1) is 24.0 Å². The third kappa shape index (κ3) is 12.6. The maximum atomic E-state index is 9.88. The Kier molecular flexibility index (Phi) is 11.7. The van der Waals surface area contributed by atoms with Gasteiger partial charge in [0.2, 0.25) is 0 Å². The van der Waals surface area contributed by atoms with Crippen LogP contribution in [0.2, 0.25) is 0 Å². The Labute approximate surface area is 130 Å². The van der Waals surface area contributed by atoms with E-state index in [9.17, 15) is 24.6 Å². The van der Waals surface area contributed by atoms with E-state index in [2.05, 4.69) is 9.97 Å². The summed E-state index contributed by atoms with van der Waals surface area (Å²) in [4.78, 5) is 36.0. The molecule has 0 aliphatic carbocycles. The van der Waals surface area contributed by atoms with Crippen LogP contribution in [0.1, 0.15) is 18.5 Å². The number of carbonyl (C=O) groups is 3. The molecule has 0 spiro atoms. The first kappa shape index (κ1) is 21.1. The zero-order chi connectivity index (χ0) is 15.5. The van der Waals surface area contributed by atoms with E-state index in [-0.39, 0.29) is 29.9 Å². The summed E-state index contributed by atoms with van der Waals surface area (Å²) in [5.74, 6) is -3.69. The van der Waals surface area contributed by atoms with Crippen molar-refractivity contribution in [2.24, 2.45) is 5.73 Å². The molecule has 1 aromatic heterocycles. The Morgan fingerprint density at radius 3 is 2.43 bits per heavy atom. The molecule has 1 rings (SSSR count). The van der Waals surface area contributed by atoms with Crippen LogP contribution in [0, 0.1) is 0 Å². The maximum Gasteiger partial charge on any atom is 2.00 e. The second kappa shape index (κ2) is 11.6. The average Bonchev–Trinajstić information content (AvgIpc) is 2.87. The smallest absolute Gasteiger partial charge is 0.548 e. The van der Waals surface area contributed by atoms with E-state index in [0.717, 1.165) is 6.08 Å². The summed E-state index contributed by atoms with van der Waals surface area (Å²) in [5, 5.41) is 27.8. The number of rotatable bonds is 6. The number of H-pyrrole nitrogens is 1. The van der Waals surface area contributed by atoms with E-state index in [4.69, 9.17) is 10.8 Å². The fourth-order valence-corrected chi connectivity index (χ4v) is 0.913. The van der Waals surface area contributed by atoms with Crippen molar-refractivity contribution in [1.29, 1.82) is 0 Å². The van der Waals surface area contributed by atoms with E-state index >= 15 is 0 Å². The van der Waals surface area contributed by atoms with Gasteiger partial charge in [0.1, 0.15) is 0 Å². The Balaban J connectivity index is 0. The number of carboxylic acid groups (broad SMARTS) is 3. The molecule has 0 aromatic carbocycles. The van der Waals surface area contributed by atoms with Gasteiger partial charge in [-0.25, -0.2) is 4.98 Å². The SMILES string of the molecule is N[C@@H](CCC(=O)O)C(=O)[O-].O=C([O-])C=Cc1c[nH]cn1.[Mn+2]. The molecule has 10 heteroatoms. The molecule has 1 aromatic rings. The minimum atomic E-state index is -1.42. The number of aliphatic carboxylic acids is 3. The molecule has 4 N–H and O–H groups in total. The molecule has 0 saturated heterocycles. The summed E-state index contributed by atoms with van der Waals surface area (Å²) in [6.07, 6.45) is 5.00. The minimum Gasteiger partial charge on any atom is -0.548 e. The minimum absolute atomic E-state index is 0. The molecule has 0 bridgehead atoms. The number of hydrogen-bond acceptors (Lipinski definition) is 7. The van der Waals surface area contributed by atoms with E-state index < -0.39 is 23.9 Å². The van der Waals surface area contributed by atoms with Crippen molar-refractivity contribution in [3.05, 3.63) is 24.3 Å². The number of nitrogens with two attached hydrogens (primary N) is 1. The van der Waals surface area contributed by atoms with Crippen LogP contribution < -0.4 is 15.9 Å². The van der Waals surface area contributed by atoms with E-state index in [1.807, 2.05) is 0 Å². The van der Waals surface area contributed by atoms with Crippen LogP contribution in [0.25, 0.3) is 6.08 Å². The molecule has 1 atom stereocenters. The predicted molar refractivity (Wildman–Crippen MR) is 62.5 cm³/mol. The van der Waals surface area contributed by atoms with Crippen molar-refractivity contribution in [3.8, 4) is 0 Å². The summed E-state index contributed by atoms with van der Waals surface area (Å²) in [6, 6.07) is -1.17. The Morgan fingerprint density at radius 2 is 2.05 bits per heavy atom. The fourth-order valence-electron chi connectivity index (χ4n) is 0.913. The van der Waals surface area contributed by atoms with Gasteiger partial charge in [-0.2, -0.15) is 0 Å². The van der Waals surface area contributed by atoms with Gasteiger partial charge in [-0.15, -0.1) is 0 Å². The number of nitrogens with one attached hydrogen (secondary N) is 1. The van der Waals surface area contributed by atoms with Crippen LogP contribution in [-0.2, 0) is 31.5 Å². The average molecular weight is 338 g/mol. The summed E-state index contributed by atoms with van der Waals surface area (Å²) in [5.41, 5.74) is 5.51. The fraction of sp³-hybridized carbons (Fsp3) is 0.273. The molecule has 0 aliphatic rings. The number of carboxylic acids is 3. The van der Waals surface area contributed by atoms with Crippen LogP contribution in [0.4, 0.5) is 0 Å². The van der Waals surface area contributed by atoms with Crippen LogP contribution in [0.5, 0.6) is 0 Å². The van der Waals surface area contributed by atoms with E-state index in [1.54, 1.807) is 6.20 Å². The Bertz CT molecular complexity index is 474. The third-order valence-corrected chi connectivity index (χ3v) is 1.88. The number of hydrogen-bond donors (Lipinski definition) is 3. The molecule has 0 fully saturated rings. The summed E-state index contributed by atoms with van der Waals surface area (Å²) >= 11 is 0. The Morgan fingerprint density at radius 1 is 1.43 bits per heavy atom. The predicted octanol–water partition coefficient (Wildman–Crippen LogP) is -2.90. The number of carbonyl (C=O) groups excluding carboxylic acids is 2. The van der Waals surface area contributed by atoms with Gasteiger partial charge in [0, 0.05) is 18.7 Å². The van der Waals surface area contributed by atoms with Crippen molar-refractivity contribution in [2.75, 3.05) is 0 Å². The summed E-state index contributed by atoms with van der Waals surface area (Å²) in [7, 11) is 0. The van der Waals surface area contributed by atoms with Crippen LogP contribution in [-0.4, -0.2) is 39.0 Å². The van der Waals surface area contributed by atoms with Gasteiger partial charge >= 0.3 is 23.0 Å². The van der Waals surface area contributed by atoms with Crippen LogP contribution in [0.15, 0.2) is 18.6 Å². The largest absolute Gasteiger partial charge is 2.00 e. The molecular formula is C11H13MnN3O6.